The molecule has 2 N–H and O–H groups in total. The van der Waals surface area contributed by atoms with Crippen LogP contribution in [0.25, 0.3) is 0 Å². The minimum absolute atomic E-state index is 0.166. The van der Waals surface area contributed by atoms with E-state index in [1.54, 1.807) is 12.3 Å². The van der Waals surface area contributed by atoms with Crippen molar-refractivity contribution in [2.24, 2.45) is 0 Å². The lowest BCUT2D eigenvalue weighted by Crippen LogP contribution is -2.28. The standard InChI is InChI=1S/C22H26N6O2S/c1-5-28-20(16(4)24-21(30)17-10-6-8-14(2)12-17)26-27-22(28)31-13-18(29)25-19-15(3)9-7-11-23-19/h6-12,16H,5,13H2,1-4H3,(H,24,30)(H,23,25,29)/t16-/m1/s1. The zero-order chi connectivity index (χ0) is 22.4. The van der Waals surface area contributed by atoms with Crippen LogP contribution in [0.1, 0.15) is 47.2 Å². The Morgan fingerprint density at radius 3 is 2.68 bits per heavy atom. The van der Waals surface area contributed by atoms with Gasteiger partial charge in [0.15, 0.2) is 11.0 Å². The quantitative estimate of drug-likeness (QED) is 0.522. The molecule has 0 radical (unpaired) electrons. The smallest absolute Gasteiger partial charge is 0.251 e. The average Bonchev–Trinajstić information content (AvgIpc) is 3.17. The van der Waals surface area contributed by atoms with Gasteiger partial charge in [0, 0.05) is 18.3 Å². The molecule has 0 aliphatic carbocycles. The minimum Gasteiger partial charge on any atom is -0.342 e. The lowest BCUT2D eigenvalue weighted by atomic mass is 10.1. The van der Waals surface area contributed by atoms with Gasteiger partial charge >= 0.3 is 0 Å². The fraction of sp³-hybridized carbons (Fsp3) is 0.318. The van der Waals surface area contributed by atoms with Crippen molar-refractivity contribution in [3.8, 4) is 0 Å². The van der Waals surface area contributed by atoms with Crippen molar-refractivity contribution in [2.45, 2.75) is 45.4 Å². The fourth-order valence-electron chi connectivity index (χ4n) is 3.07. The fourth-order valence-corrected chi connectivity index (χ4v) is 3.88. The van der Waals surface area contributed by atoms with Crippen molar-refractivity contribution >= 4 is 29.4 Å². The summed E-state index contributed by atoms with van der Waals surface area (Å²) >= 11 is 1.30. The van der Waals surface area contributed by atoms with Crippen LogP contribution in [-0.4, -0.2) is 37.3 Å². The second-order valence-corrected chi connectivity index (χ2v) is 8.10. The van der Waals surface area contributed by atoms with Crippen LogP contribution < -0.4 is 10.6 Å². The number of benzene rings is 1. The lowest BCUT2D eigenvalue weighted by molar-refractivity contribution is -0.113. The van der Waals surface area contributed by atoms with Crippen LogP contribution in [-0.2, 0) is 11.3 Å². The third-order valence-corrected chi connectivity index (χ3v) is 5.64. The maximum Gasteiger partial charge on any atom is 0.251 e. The van der Waals surface area contributed by atoms with Crippen LogP contribution in [0.3, 0.4) is 0 Å². The highest BCUT2D eigenvalue weighted by atomic mass is 32.2. The van der Waals surface area contributed by atoms with Gasteiger partial charge in [-0.25, -0.2) is 4.98 Å². The molecular formula is C22H26N6O2S. The normalized spacial score (nSPS) is 11.7. The Balaban J connectivity index is 1.63. The molecule has 1 atom stereocenters. The highest BCUT2D eigenvalue weighted by Crippen LogP contribution is 2.21. The first-order chi connectivity index (χ1) is 14.9. The van der Waals surface area contributed by atoms with Crippen LogP contribution in [0.2, 0.25) is 0 Å². The molecule has 2 amide bonds. The summed E-state index contributed by atoms with van der Waals surface area (Å²) in [6, 6.07) is 10.8. The van der Waals surface area contributed by atoms with E-state index in [4.69, 9.17) is 0 Å². The molecule has 0 spiro atoms. The molecule has 0 aliphatic heterocycles. The summed E-state index contributed by atoms with van der Waals surface area (Å²) < 4.78 is 1.91. The number of rotatable bonds is 8. The Morgan fingerprint density at radius 1 is 1.16 bits per heavy atom. The molecule has 0 bridgehead atoms. The van der Waals surface area contributed by atoms with Crippen LogP contribution in [0.4, 0.5) is 5.82 Å². The Hall–Kier alpha value is -3.20. The van der Waals surface area contributed by atoms with Crippen molar-refractivity contribution in [1.82, 2.24) is 25.1 Å². The lowest BCUT2D eigenvalue weighted by Gasteiger charge is -2.15. The molecule has 1 aromatic carbocycles. The highest BCUT2D eigenvalue weighted by molar-refractivity contribution is 7.99. The zero-order valence-corrected chi connectivity index (χ0v) is 18.9. The van der Waals surface area contributed by atoms with E-state index in [9.17, 15) is 9.59 Å². The summed E-state index contributed by atoms with van der Waals surface area (Å²) in [4.78, 5) is 29.1. The molecular weight excluding hydrogens is 412 g/mol. The van der Waals surface area contributed by atoms with E-state index in [1.807, 2.05) is 62.6 Å². The topological polar surface area (TPSA) is 102 Å². The number of thioether (sulfide) groups is 1. The molecule has 0 saturated carbocycles. The molecule has 8 nitrogen and oxygen atoms in total. The number of hydrogen-bond donors (Lipinski definition) is 2. The van der Waals surface area contributed by atoms with E-state index in [0.29, 0.717) is 28.9 Å². The Kier molecular flexibility index (Phi) is 7.41. The molecule has 0 saturated heterocycles. The molecule has 0 fully saturated rings. The summed E-state index contributed by atoms with van der Waals surface area (Å²) in [5, 5.41) is 14.9. The first kappa shape index (κ1) is 22.5. The maximum atomic E-state index is 12.6. The van der Waals surface area contributed by atoms with Gasteiger partial charge < -0.3 is 15.2 Å². The van der Waals surface area contributed by atoms with E-state index in [1.165, 1.54) is 11.8 Å². The SMILES string of the molecule is CCn1c(SCC(=O)Nc2ncccc2C)nnc1[C@@H](C)NC(=O)c1cccc(C)c1. The highest BCUT2D eigenvalue weighted by Gasteiger charge is 2.20. The monoisotopic (exact) mass is 438 g/mol. The van der Waals surface area contributed by atoms with Gasteiger partial charge in [0.05, 0.1) is 11.8 Å². The van der Waals surface area contributed by atoms with Gasteiger partial charge in [-0.3, -0.25) is 9.59 Å². The molecule has 162 valence electrons. The molecule has 3 rings (SSSR count). The third kappa shape index (κ3) is 5.69. The first-order valence-electron chi connectivity index (χ1n) is 10.0. The number of amides is 2. The predicted octanol–water partition coefficient (Wildman–Crippen LogP) is 3.53. The second kappa shape index (κ2) is 10.2. The average molecular weight is 439 g/mol. The summed E-state index contributed by atoms with van der Waals surface area (Å²) in [5.41, 5.74) is 2.53. The first-order valence-corrected chi connectivity index (χ1v) is 11.0. The maximum absolute atomic E-state index is 12.6. The van der Waals surface area contributed by atoms with Crippen LogP contribution in [0.5, 0.6) is 0 Å². The number of nitrogens with one attached hydrogen (secondary N) is 2. The van der Waals surface area contributed by atoms with E-state index >= 15 is 0 Å². The van der Waals surface area contributed by atoms with Crippen molar-refractivity contribution in [1.29, 1.82) is 0 Å². The van der Waals surface area contributed by atoms with Gasteiger partial charge in [0.25, 0.3) is 5.91 Å². The van der Waals surface area contributed by atoms with Gasteiger partial charge in [-0.1, -0.05) is 35.5 Å². The molecule has 31 heavy (non-hydrogen) atoms. The van der Waals surface area contributed by atoms with E-state index in [0.717, 1.165) is 11.1 Å². The largest absolute Gasteiger partial charge is 0.342 e. The van der Waals surface area contributed by atoms with E-state index in [-0.39, 0.29) is 23.6 Å². The number of carbonyl (C=O) groups excluding carboxylic acids is 2. The summed E-state index contributed by atoms with van der Waals surface area (Å²) in [6.45, 7) is 8.30. The van der Waals surface area contributed by atoms with Crippen molar-refractivity contribution in [3.05, 3.63) is 65.1 Å². The van der Waals surface area contributed by atoms with Gasteiger partial charge in [0.2, 0.25) is 5.91 Å². The van der Waals surface area contributed by atoms with Gasteiger partial charge in [-0.15, -0.1) is 10.2 Å². The Labute approximate surface area is 185 Å². The van der Waals surface area contributed by atoms with Gasteiger partial charge in [-0.05, 0) is 51.5 Å². The molecule has 2 aromatic heterocycles. The predicted molar refractivity (Wildman–Crippen MR) is 121 cm³/mol. The number of hydrogen-bond acceptors (Lipinski definition) is 6. The Bertz CT molecular complexity index is 1080. The van der Waals surface area contributed by atoms with Crippen LogP contribution >= 0.6 is 11.8 Å². The minimum atomic E-state index is -0.334. The molecule has 0 unspecified atom stereocenters. The van der Waals surface area contributed by atoms with E-state index in [2.05, 4.69) is 25.8 Å². The summed E-state index contributed by atoms with van der Waals surface area (Å²) in [5.74, 6) is 1.05. The number of nitrogens with zero attached hydrogens (tertiary/aromatic N) is 4. The van der Waals surface area contributed by atoms with Gasteiger partial charge in [0.1, 0.15) is 5.82 Å². The third-order valence-electron chi connectivity index (χ3n) is 4.68. The summed E-state index contributed by atoms with van der Waals surface area (Å²) in [6.07, 6.45) is 1.64. The van der Waals surface area contributed by atoms with Crippen LogP contribution in [0.15, 0.2) is 47.8 Å². The summed E-state index contributed by atoms with van der Waals surface area (Å²) in [7, 11) is 0. The molecule has 3 aromatic rings. The number of pyridine rings is 1. The van der Waals surface area contributed by atoms with Gasteiger partial charge in [-0.2, -0.15) is 0 Å². The molecule has 0 aliphatic rings. The molecule has 9 heteroatoms. The van der Waals surface area contributed by atoms with Crippen LogP contribution in [0, 0.1) is 13.8 Å². The number of carbonyl (C=O) groups is 2. The number of aryl methyl sites for hydroxylation is 2. The van der Waals surface area contributed by atoms with E-state index < -0.39 is 0 Å². The number of aromatic nitrogens is 4. The van der Waals surface area contributed by atoms with Crippen molar-refractivity contribution < 1.29 is 9.59 Å². The molecule has 2 heterocycles. The second-order valence-electron chi connectivity index (χ2n) is 7.16. The van der Waals surface area contributed by atoms with Crippen molar-refractivity contribution in [2.75, 3.05) is 11.1 Å². The Morgan fingerprint density at radius 2 is 1.97 bits per heavy atom. The number of anilines is 1. The zero-order valence-electron chi connectivity index (χ0n) is 18.0. The van der Waals surface area contributed by atoms with Crippen molar-refractivity contribution in [3.63, 3.8) is 0 Å².